The van der Waals surface area contributed by atoms with Crippen molar-refractivity contribution in [2.75, 3.05) is 25.6 Å². The van der Waals surface area contributed by atoms with Gasteiger partial charge in [-0.15, -0.1) is 0 Å². The third kappa shape index (κ3) is 4.87. The second kappa shape index (κ2) is 6.54. The van der Waals surface area contributed by atoms with Crippen LogP contribution in [-0.2, 0) is 4.74 Å². The minimum Gasteiger partial charge on any atom is -0.477 e. The Morgan fingerprint density at radius 1 is 1.33 bits per heavy atom. The minimum absolute atomic E-state index is 0.174. The molecular weight excluding hydrogens is 230 g/mol. The number of hydrogen-bond donors (Lipinski definition) is 1. The van der Waals surface area contributed by atoms with Crippen LogP contribution < -0.4 is 10.1 Å². The number of nitrogens with one attached hydrogen (secondary N) is 1. The largest absolute Gasteiger partial charge is 0.477 e. The van der Waals surface area contributed by atoms with E-state index in [0.29, 0.717) is 18.4 Å². The Bertz CT molecular complexity index is 380. The van der Waals surface area contributed by atoms with E-state index in [1.807, 2.05) is 33.8 Å². The van der Waals surface area contributed by atoms with Crippen molar-refractivity contribution in [3.8, 4) is 5.88 Å². The van der Waals surface area contributed by atoms with Crippen LogP contribution in [-0.4, -0.2) is 35.8 Å². The Balaban J connectivity index is 2.56. The molecule has 0 saturated carbocycles. The third-order valence-corrected chi connectivity index (χ3v) is 2.67. The lowest BCUT2D eigenvalue weighted by atomic mass is 10.1. The molecule has 0 aliphatic heterocycles. The van der Waals surface area contributed by atoms with Crippen LogP contribution in [0.1, 0.15) is 32.9 Å². The molecule has 1 heterocycles. The molecule has 0 radical (unpaired) electrons. The van der Waals surface area contributed by atoms with E-state index < -0.39 is 0 Å². The number of aromatic nitrogens is 2. The third-order valence-electron chi connectivity index (χ3n) is 2.67. The van der Waals surface area contributed by atoms with E-state index in [0.717, 1.165) is 18.7 Å². The summed E-state index contributed by atoms with van der Waals surface area (Å²) in [6, 6.07) is 1.83. The van der Waals surface area contributed by atoms with Crippen LogP contribution in [0.25, 0.3) is 0 Å². The van der Waals surface area contributed by atoms with Gasteiger partial charge in [0.05, 0.1) is 12.2 Å². The number of ether oxygens (including phenoxy) is 2. The molecule has 0 amide bonds. The molecule has 18 heavy (non-hydrogen) atoms. The number of aryl methyl sites for hydroxylation is 1. The molecular formula is C13H23N3O2. The monoisotopic (exact) mass is 253 g/mol. The predicted octanol–water partition coefficient (Wildman–Crippen LogP) is 2.41. The lowest BCUT2D eigenvalue weighted by Gasteiger charge is -2.22. The molecule has 5 heteroatoms. The zero-order chi connectivity index (χ0) is 13.6. The molecule has 102 valence electrons. The Kier molecular flexibility index (Phi) is 5.34. The highest BCUT2D eigenvalue weighted by Gasteiger charge is 2.16. The normalized spacial score (nSPS) is 11.4. The summed E-state index contributed by atoms with van der Waals surface area (Å²) in [5.74, 6) is 1.21. The van der Waals surface area contributed by atoms with Gasteiger partial charge in [-0.05, 0) is 27.7 Å². The molecule has 0 bridgehead atoms. The predicted molar refractivity (Wildman–Crippen MR) is 72.1 cm³/mol. The highest BCUT2D eigenvalue weighted by Crippen LogP contribution is 2.16. The van der Waals surface area contributed by atoms with Gasteiger partial charge < -0.3 is 14.8 Å². The zero-order valence-electron chi connectivity index (χ0n) is 11.9. The number of methoxy groups -OCH3 is 1. The van der Waals surface area contributed by atoms with Crippen LogP contribution in [0.4, 0.5) is 5.95 Å². The maximum Gasteiger partial charge on any atom is 0.226 e. The first-order valence-electron chi connectivity index (χ1n) is 6.24. The second-order valence-corrected chi connectivity index (χ2v) is 4.76. The van der Waals surface area contributed by atoms with Gasteiger partial charge in [0.15, 0.2) is 0 Å². The van der Waals surface area contributed by atoms with Gasteiger partial charge >= 0.3 is 0 Å². The molecule has 0 spiro atoms. The van der Waals surface area contributed by atoms with Crippen molar-refractivity contribution in [3.63, 3.8) is 0 Å². The molecule has 1 rings (SSSR count). The van der Waals surface area contributed by atoms with Gasteiger partial charge in [-0.3, -0.25) is 0 Å². The summed E-state index contributed by atoms with van der Waals surface area (Å²) in [4.78, 5) is 8.55. The van der Waals surface area contributed by atoms with Gasteiger partial charge in [-0.1, -0.05) is 0 Å². The van der Waals surface area contributed by atoms with Crippen LogP contribution in [0.3, 0.4) is 0 Å². The first kappa shape index (κ1) is 14.7. The molecule has 5 nitrogen and oxygen atoms in total. The Morgan fingerprint density at radius 2 is 2.06 bits per heavy atom. The van der Waals surface area contributed by atoms with Crippen molar-refractivity contribution >= 4 is 5.95 Å². The summed E-state index contributed by atoms with van der Waals surface area (Å²) in [6.45, 7) is 9.36. The van der Waals surface area contributed by atoms with E-state index in [4.69, 9.17) is 9.47 Å². The summed E-state index contributed by atoms with van der Waals surface area (Å²) < 4.78 is 11.0. The van der Waals surface area contributed by atoms with Crippen molar-refractivity contribution in [3.05, 3.63) is 11.8 Å². The minimum atomic E-state index is -0.174. The van der Waals surface area contributed by atoms with Gasteiger partial charge in [0, 0.05) is 31.8 Å². The molecule has 0 fully saturated rings. The topological polar surface area (TPSA) is 56.3 Å². The quantitative estimate of drug-likeness (QED) is 0.808. The molecule has 0 aliphatic rings. The molecule has 0 unspecified atom stereocenters. The van der Waals surface area contributed by atoms with E-state index in [1.54, 1.807) is 7.11 Å². The standard InChI is InChI=1S/C13H23N3O2/c1-6-14-12-15-10(2)9-11(16-12)18-8-7-13(3,4)17-5/h9H,6-8H2,1-5H3,(H,14,15,16). The fourth-order valence-electron chi connectivity index (χ4n) is 1.35. The van der Waals surface area contributed by atoms with Crippen LogP contribution in [0.15, 0.2) is 6.07 Å². The summed E-state index contributed by atoms with van der Waals surface area (Å²) in [6.07, 6.45) is 0.809. The van der Waals surface area contributed by atoms with Crippen LogP contribution >= 0.6 is 0 Å². The fraction of sp³-hybridized carbons (Fsp3) is 0.692. The molecule has 1 aromatic heterocycles. The molecule has 0 saturated heterocycles. The lowest BCUT2D eigenvalue weighted by molar-refractivity contribution is 0.00509. The maximum atomic E-state index is 5.64. The first-order valence-corrected chi connectivity index (χ1v) is 6.24. The first-order chi connectivity index (χ1) is 8.46. The molecule has 1 N–H and O–H groups in total. The van der Waals surface area contributed by atoms with Crippen molar-refractivity contribution in [2.45, 2.75) is 39.7 Å². The number of rotatable bonds is 7. The van der Waals surface area contributed by atoms with E-state index in [-0.39, 0.29) is 5.60 Å². The van der Waals surface area contributed by atoms with Crippen molar-refractivity contribution in [1.29, 1.82) is 0 Å². The van der Waals surface area contributed by atoms with E-state index in [1.165, 1.54) is 0 Å². The maximum absolute atomic E-state index is 5.64. The Hall–Kier alpha value is -1.36. The Morgan fingerprint density at radius 3 is 2.67 bits per heavy atom. The van der Waals surface area contributed by atoms with E-state index in [2.05, 4.69) is 15.3 Å². The number of nitrogens with zero attached hydrogens (tertiary/aromatic N) is 2. The van der Waals surface area contributed by atoms with Crippen molar-refractivity contribution in [1.82, 2.24) is 9.97 Å². The highest BCUT2D eigenvalue weighted by atomic mass is 16.5. The smallest absolute Gasteiger partial charge is 0.226 e. The summed E-state index contributed by atoms with van der Waals surface area (Å²) in [7, 11) is 1.71. The molecule has 0 aromatic carbocycles. The summed E-state index contributed by atoms with van der Waals surface area (Å²) in [5, 5.41) is 3.08. The molecule has 0 atom stereocenters. The highest BCUT2D eigenvalue weighted by molar-refractivity contribution is 5.30. The average Bonchev–Trinajstić information content (AvgIpc) is 2.28. The SMILES string of the molecule is CCNc1nc(C)cc(OCCC(C)(C)OC)n1. The van der Waals surface area contributed by atoms with Crippen molar-refractivity contribution in [2.24, 2.45) is 0 Å². The Labute approximate surface area is 109 Å². The average molecular weight is 253 g/mol. The van der Waals surface area contributed by atoms with Crippen LogP contribution in [0, 0.1) is 6.92 Å². The number of anilines is 1. The van der Waals surface area contributed by atoms with Crippen LogP contribution in [0.2, 0.25) is 0 Å². The van der Waals surface area contributed by atoms with Crippen LogP contribution in [0.5, 0.6) is 5.88 Å². The zero-order valence-corrected chi connectivity index (χ0v) is 11.9. The van der Waals surface area contributed by atoms with E-state index >= 15 is 0 Å². The van der Waals surface area contributed by atoms with Crippen molar-refractivity contribution < 1.29 is 9.47 Å². The summed E-state index contributed by atoms with van der Waals surface area (Å²) >= 11 is 0. The summed E-state index contributed by atoms with van der Waals surface area (Å²) in [5.41, 5.74) is 0.717. The second-order valence-electron chi connectivity index (χ2n) is 4.76. The van der Waals surface area contributed by atoms with Gasteiger partial charge in [0.2, 0.25) is 11.8 Å². The number of hydrogen-bond acceptors (Lipinski definition) is 5. The molecule has 1 aromatic rings. The van der Waals surface area contributed by atoms with Gasteiger partial charge in [-0.25, -0.2) is 4.98 Å². The van der Waals surface area contributed by atoms with Gasteiger partial charge in [0.25, 0.3) is 0 Å². The van der Waals surface area contributed by atoms with Gasteiger partial charge in [0.1, 0.15) is 0 Å². The van der Waals surface area contributed by atoms with Gasteiger partial charge in [-0.2, -0.15) is 4.98 Å². The molecule has 0 aliphatic carbocycles. The van der Waals surface area contributed by atoms with E-state index in [9.17, 15) is 0 Å². The fourth-order valence-corrected chi connectivity index (χ4v) is 1.35. The lowest BCUT2D eigenvalue weighted by Crippen LogP contribution is -2.25.